The zero-order valence-corrected chi connectivity index (χ0v) is 12.5. The number of nitrogens with zero attached hydrogens (tertiary/aromatic N) is 2. The molecule has 0 aliphatic heterocycles. The van der Waals surface area contributed by atoms with E-state index in [1.807, 2.05) is 6.92 Å². The van der Waals surface area contributed by atoms with Gasteiger partial charge < -0.3 is 5.73 Å². The summed E-state index contributed by atoms with van der Waals surface area (Å²) >= 11 is 0. The fourth-order valence-electron chi connectivity index (χ4n) is 5.64. The zero-order chi connectivity index (χ0) is 13.9. The van der Waals surface area contributed by atoms with Crippen molar-refractivity contribution in [1.82, 2.24) is 9.97 Å². The van der Waals surface area contributed by atoms with E-state index in [1.165, 1.54) is 43.4 Å². The molecule has 4 bridgehead atoms. The van der Waals surface area contributed by atoms with E-state index in [2.05, 4.69) is 11.9 Å². The fraction of sp³-hybridized carbons (Fsp3) is 0.765. The van der Waals surface area contributed by atoms with Gasteiger partial charge in [-0.2, -0.15) is 0 Å². The van der Waals surface area contributed by atoms with Crippen molar-refractivity contribution >= 4 is 0 Å². The van der Waals surface area contributed by atoms with Gasteiger partial charge in [0.15, 0.2) is 0 Å². The lowest BCUT2D eigenvalue weighted by atomic mass is 9.51. The lowest BCUT2D eigenvalue weighted by Gasteiger charge is -2.54. The highest BCUT2D eigenvalue weighted by molar-refractivity contribution is 5.30. The molecule has 1 atom stereocenters. The molecule has 3 nitrogen and oxygen atoms in total. The molecule has 1 aromatic rings. The molecule has 1 heterocycles. The van der Waals surface area contributed by atoms with Gasteiger partial charge in [-0.15, -0.1) is 0 Å². The van der Waals surface area contributed by atoms with Crippen LogP contribution in [0.3, 0.4) is 0 Å². The summed E-state index contributed by atoms with van der Waals surface area (Å²) in [5, 5.41) is 0. The van der Waals surface area contributed by atoms with E-state index in [0.717, 1.165) is 29.4 Å². The minimum Gasteiger partial charge on any atom is -0.323 e. The number of hydrogen-bond donors (Lipinski definition) is 1. The normalized spacial score (nSPS) is 40.0. The van der Waals surface area contributed by atoms with Gasteiger partial charge in [-0.25, -0.2) is 9.97 Å². The van der Waals surface area contributed by atoms with Gasteiger partial charge in [0.25, 0.3) is 0 Å². The molecule has 0 spiro atoms. The first-order chi connectivity index (χ1) is 9.63. The summed E-state index contributed by atoms with van der Waals surface area (Å²) in [6.45, 7) is 4.20. The number of aromatic nitrogens is 2. The van der Waals surface area contributed by atoms with Crippen molar-refractivity contribution in [3.8, 4) is 0 Å². The molecule has 3 heteroatoms. The second kappa shape index (κ2) is 4.52. The molecule has 0 saturated heterocycles. The van der Waals surface area contributed by atoms with Crippen molar-refractivity contribution in [3.63, 3.8) is 0 Å². The Hall–Kier alpha value is -0.960. The summed E-state index contributed by atoms with van der Waals surface area (Å²) in [5.41, 5.74) is 9.70. The van der Waals surface area contributed by atoms with Gasteiger partial charge in [-0.1, -0.05) is 0 Å². The van der Waals surface area contributed by atoms with E-state index in [9.17, 15) is 0 Å². The van der Waals surface area contributed by atoms with Crippen LogP contribution in [0, 0.1) is 30.6 Å². The molecule has 2 N–H and O–H groups in total. The van der Waals surface area contributed by atoms with E-state index in [4.69, 9.17) is 10.7 Å². The molecular weight excluding hydrogens is 246 g/mol. The second-order valence-corrected chi connectivity index (χ2v) is 7.51. The average Bonchev–Trinajstić information content (AvgIpc) is 2.39. The molecule has 1 aromatic heterocycles. The Balaban J connectivity index is 1.73. The molecular formula is C17H25N3. The average molecular weight is 271 g/mol. The Bertz CT molecular complexity index is 495. The summed E-state index contributed by atoms with van der Waals surface area (Å²) in [7, 11) is 0. The van der Waals surface area contributed by atoms with Crippen LogP contribution in [0.2, 0.25) is 0 Å². The predicted octanol–water partition coefficient (Wildman–Crippen LogP) is 3.34. The summed E-state index contributed by atoms with van der Waals surface area (Å²) in [4.78, 5) is 9.12. The van der Waals surface area contributed by atoms with Crippen molar-refractivity contribution in [2.24, 2.45) is 29.4 Å². The third-order valence-electron chi connectivity index (χ3n) is 6.14. The van der Waals surface area contributed by atoms with Crippen molar-refractivity contribution in [1.29, 1.82) is 0 Å². The summed E-state index contributed by atoms with van der Waals surface area (Å²) in [6, 6.07) is 0.00795. The van der Waals surface area contributed by atoms with E-state index >= 15 is 0 Å². The van der Waals surface area contributed by atoms with Crippen LogP contribution in [0.1, 0.15) is 67.9 Å². The van der Waals surface area contributed by atoms with Gasteiger partial charge in [0.05, 0.1) is 11.4 Å². The SMILES string of the molecule is Cc1c(C(C)N)ncnc1C1C2CC3CC(C2)CC1C3. The highest BCUT2D eigenvalue weighted by atomic mass is 14.9. The van der Waals surface area contributed by atoms with Gasteiger partial charge >= 0.3 is 0 Å². The zero-order valence-electron chi connectivity index (χ0n) is 12.5. The van der Waals surface area contributed by atoms with Gasteiger partial charge in [0.2, 0.25) is 0 Å². The van der Waals surface area contributed by atoms with Crippen LogP contribution in [-0.4, -0.2) is 9.97 Å². The maximum Gasteiger partial charge on any atom is 0.116 e. The summed E-state index contributed by atoms with van der Waals surface area (Å²) < 4.78 is 0. The van der Waals surface area contributed by atoms with E-state index in [1.54, 1.807) is 6.33 Å². The molecule has 4 saturated carbocycles. The molecule has 4 aliphatic rings. The Kier molecular flexibility index (Phi) is 2.88. The van der Waals surface area contributed by atoms with Crippen LogP contribution in [0.5, 0.6) is 0 Å². The van der Waals surface area contributed by atoms with Crippen LogP contribution < -0.4 is 5.73 Å². The number of rotatable bonds is 2. The third kappa shape index (κ3) is 1.82. The highest BCUT2D eigenvalue weighted by Gasteiger charge is 2.49. The van der Waals surface area contributed by atoms with Gasteiger partial charge in [0.1, 0.15) is 6.33 Å². The molecule has 5 rings (SSSR count). The van der Waals surface area contributed by atoms with Crippen molar-refractivity contribution in [2.75, 3.05) is 0 Å². The van der Waals surface area contributed by atoms with Crippen LogP contribution in [0.4, 0.5) is 0 Å². The van der Waals surface area contributed by atoms with Crippen molar-refractivity contribution in [2.45, 2.75) is 57.9 Å². The molecule has 0 amide bonds. The molecule has 4 aliphatic carbocycles. The standard InChI is InChI=1S/C17H25N3/c1-9-16(10(2)18)19-8-20-17(9)15-13-4-11-3-12(6-13)7-14(15)5-11/h8,10-15H,3-7,18H2,1-2H3. The lowest BCUT2D eigenvalue weighted by molar-refractivity contribution is -0.00446. The number of hydrogen-bond acceptors (Lipinski definition) is 3. The molecule has 108 valence electrons. The topological polar surface area (TPSA) is 51.8 Å². The Morgan fingerprint density at radius 3 is 2.20 bits per heavy atom. The van der Waals surface area contributed by atoms with E-state index < -0.39 is 0 Å². The van der Waals surface area contributed by atoms with Crippen molar-refractivity contribution < 1.29 is 0 Å². The quantitative estimate of drug-likeness (QED) is 0.897. The molecule has 0 aromatic carbocycles. The van der Waals surface area contributed by atoms with Crippen LogP contribution >= 0.6 is 0 Å². The van der Waals surface area contributed by atoms with Crippen molar-refractivity contribution in [3.05, 3.63) is 23.3 Å². The second-order valence-electron chi connectivity index (χ2n) is 7.51. The fourth-order valence-corrected chi connectivity index (χ4v) is 5.64. The molecule has 20 heavy (non-hydrogen) atoms. The summed E-state index contributed by atoms with van der Waals surface area (Å²) in [6.07, 6.45) is 9.01. The maximum absolute atomic E-state index is 6.07. The molecule has 4 fully saturated rings. The highest BCUT2D eigenvalue weighted by Crippen LogP contribution is 2.59. The van der Waals surface area contributed by atoms with Gasteiger partial charge in [-0.05, 0) is 75.2 Å². The minimum atomic E-state index is 0.00795. The molecule has 0 radical (unpaired) electrons. The Labute approximate surface area is 121 Å². The largest absolute Gasteiger partial charge is 0.323 e. The summed E-state index contributed by atoms with van der Waals surface area (Å²) in [5.74, 6) is 4.47. The predicted molar refractivity (Wildman–Crippen MR) is 79.2 cm³/mol. The first-order valence-electron chi connectivity index (χ1n) is 8.20. The third-order valence-corrected chi connectivity index (χ3v) is 6.14. The van der Waals surface area contributed by atoms with Crippen LogP contribution in [0.15, 0.2) is 6.33 Å². The first-order valence-corrected chi connectivity index (χ1v) is 8.20. The smallest absolute Gasteiger partial charge is 0.116 e. The monoisotopic (exact) mass is 271 g/mol. The maximum atomic E-state index is 6.07. The lowest BCUT2D eigenvalue weighted by Crippen LogP contribution is -2.44. The number of nitrogens with two attached hydrogens (primary N) is 1. The van der Waals surface area contributed by atoms with E-state index in [-0.39, 0.29) is 6.04 Å². The van der Waals surface area contributed by atoms with Gasteiger partial charge in [0, 0.05) is 12.0 Å². The first kappa shape index (κ1) is 12.8. The van der Waals surface area contributed by atoms with E-state index in [0.29, 0.717) is 5.92 Å². The van der Waals surface area contributed by atoms with Crippen LogP contribution in [0.25, 0.3) is 0 Å². The van der Waals surface area contributed by atoms with Gasteiger partial charge in [-0.3, -0.25) is 0 Å². The minimum absolute atomic E-state index is 0.00795. The molecule has 1 unspecified atom stereocenters. The van der Waals surface area contributed by atoms with Crippen LogP contribution in [-0.2, 0) is 0 Å². The Morgan fingerprint density at radius 2 is 1.65 bits per heavy atom. The Morgan fingerprint density at radius 1 is 1.05 bits per heavy atom.